The van der Waals surface area contributed by atoms with Crippen LogP contribution in [0.25, 0.3) is 0 Å². The normalized spacial score (nSPS) is 10.5. The van der Waals surface area contributed by atoms with Gasteiger partial charge in [0.2, 0.25) is 0 Å². The molecule has 0 amide bonds. The molecular formula is C8H9BrN4OS. The number of hydrogen-bond acceptors (Lipinski definition) is 6. The lowest BCUT2D eigenvalue weighted by Gasteiger charge is -2.11. The van der Waals surface area contributed by atoms with Gasteiger partial charge in [-0.25, -0.2) is 0 Å². The van der Waals surface area contributed by atoms with Crippen molar-refractivity contribution in [3.8, 4) is 0 Å². The molecule has 0 saturated carbocycles. The van der Waals surface area contributed by atoms with Crippen LogP contribution in [-0.2, 0) is 6.54 Å². The van der Waals surface area contributed by atoms with E-state index in [9.17, 15) is 0 Å². The fourth-order valence-corrected chi connectivity index (χ4v) is 2.35. The summed E-state index contributed by atoms with van der Waals surface area (Å²) in [7, 11) is 1.87. The van der Waals surface area contributed by atoms with Crippen molar-refractivity contribution < 1.29 is 4.42 Å². The van der Waals surface area contributed by atoms with Gasteiger partial charge in [-0.3, -0.25) is 0 Å². The maximum atomic E-state index is 5.34. The van der Waals surface area contributed by atoms with Crippen LogP contribution in [0.2, 0.25) is 0 Å². The number of nitrogens with two attached hydrogens (primary N) is 1. The molecular weight excluding hydrogens is 280 g/mol. The third-order valence-corrected chi connectivity index (χ3v) is 3.35. The summed E-state index contributed by atoms with van der Waals surface area (Å²) in [4.78, 5) is 1.85. The molecule has 2 N–H and O–H groups in total. The molecule has 0 bridgehead atoms. The number of anilines is 2. The Balaban J connectivity index is 2.06. The van der Waals surface area contributed by atoms with Crippen LogP contribution < -0.4 is 10.6 Å². The van der Waals surface area contributed by atoms with E-state index < -0.39 is 0 Å². The monoisotopic (exact) mass is 288 g/mol. The second-order valence-corrected chi connectivity index (χ2v) is 5.33. The van der Waals surface area contributed by atoms with Crippen LogP contribution in [-0.4, -0.2) is 17.2 Å². The maximum Gasteiger partial charge on any atom is 0.319 e. The molecule has 0 radical (unpaired) electrons. The lowest BCUT2D eigenvalue weighted by atomic mass is 10.3. The molecule has 0 aliphatic rings. The molecule has 0 aliphatic carbocycles. The van der Waals surface area contributed by atoms with E-state index in [0.29, 0.717) is 12.6 Å². The molecule has 0 saturated heterocycles. The highest BCUT2D eigenvalue weighted by Gasteiger charge is 2.09. The van der Waals surface area contributed by atoms with Crippen LogP contribution in [0.1, 0.15) is 5.56 Å². The van der Waals surface area contributed by atoms with Crippen molar-refractivity contribution in [3.63, 3.8) is 0 Å². The summed E-state index contributed by atoms with van der Waals surface area (Å²) >= 11 is 5.06. The zero-order chi connectivity index (χ0) is 10.8. The average molecular weight is 289 g/mol. The van der Waals surface area contributed by atoms with Crippen molar-refractivity contribution in [1.29, 1.82) is 0 Å². The Hall–Kier alpha value is -1.08. The Labute approximate surface area is 99.0 Å². The van der Waals surface area contributed by atoms with Gasteiger partial charge < -0.3 is 15.1 Å². The maximum absolute atomic E-state index is 5.34. The van der Waals surface area contributed by atoms with Gasteiger partial charge in [-0.15, -0.1) is 11.3 Å². The van der Waals surface area contributed by atoms with Crippen molar-refractivity contribution in [1.82, 2.24) is 10.2 Å². The van der Waals surface area contributed by atoms with Crippen LogP contribution in [0.4, 0.5) is 12.0 Å². The Morgan fingerprint density at radius 3 is 2.93 bits per heavy atom. The lowest BCUT2D eigenvalue weighted by molar-refractivity contribution is 0.559. The highest BCUT2D eigenvalue weighted by Crippen LogP contribution is 2.23. The second kappa shape index (κ2) is 4.19. The van der Waals surface area contributed by atoms with Crippen molar-refractivity contribution >= 4 is 39.3 Å². The summed E-state index contributed by atoms with van der Waals surface area (Å²) in [5, 5.41) is 9.46. The Morgan fingerprint density at radius 1 is 1.60 bits per heavy atom. The molecule has 2 aromatic heterocycles. The smallest absolute Gasteiger partial charge is 0.319 e. The number of halogens is 1. The van der Waals surface area contributed by atoms with E-state index >= 15 is 0 Å². The second-order valence-electron chi connectivity index (χ2n) is 3.04. The Bertz CT molecular complexity index is 455. The molecule has 0 unspecified atom stereocenters. The first-order valence-corrected chi connectivity index (χ1v) is 5.85. The SMILES string of the molecule is CN(Cc1csc(Br)c1)c1nnc(N)o1. The van der Waals surface area contributed by atoms with Crippen LogP contribution in [0.5, 0.6) is 0 Å². The molecule has 0 aliphatic heterocycles. The van der Waals surface area contributed by atoms with Crippen molar-refractivity contribution in [2.45, 2.75) is 6.54 Å². The summed E-state index contributed by atoms with van der Waals surface area (Å²) in [6.07, 6.45) is 0. The molecule has 80 valence electrons. The fraction of sp³-hybridized carbons (Fsp3) is 0.250. The van der Waals surface area contributed by atoms with Crippen LogP contribution in [0.3, 0.4) is 0 Å². The van der Waals surface area contributed by atoms with Gasteiger partial charge in [0.05, 0.1) is 3.79 Å². The van der Waals surface area contributed by atoms with Gasteiger partial charge in [0.15, 0.2) is 0 Å². The van der Waals surface area contributed by atoms with Gasteiger partial charge >= 0.3 is 12.0 Å². The highest BCUT2D eigenvalue weighted by atomic mass is 79.9. The number of rotatable bonds is 3. The Morgan fingerprint density at radius 2 is 2.40 bits per heavy atom. The molecule has 0 atom stereocenters. The molecule has 2 heterocycles. The van der Waals surface area contributed by atoms with Gasteiger partial charge in [0, 0.05) is 13.6 Å². The number of nitrogens with zero attached hydrogens (tertiary/aromatic N) is 3. The number of aromatic nitrogens is 2. The first-order chi connectivity index (χ1) is 7.15. The summed E-state index contributed by atoms with van der Waals surface area (Å²) in [6, 6.07) is 2.57. The largest absolute Gasteiger partial charge is 0.390 e. The van der Waals surface area contributed by atoms with Gasteiger partial charge in [0.1, 0.15) is 0 Å². The fourth-order valence-electron chi connectivity index (χ4n) is 1.15. The number of hydrogen-bond donors (Lipinski definition) is 1. The van der Waals surface area contributed by atoms with E-state index in [-0.39, 0.29) is 6.01 Å². The molecule has 0 fully saturated rings. The van der Waals surface area contributed by atoms with Crippen LogP contribution >= 0.6 is 27.3 Å². The van der Waals surface area contributed by atoms with Gasteiger partial charge in [0.25, 0.3) is 0 Å². The molecule has 0 spiro atoms. The van der Waals surface area contributed by atoms with E-state index in [4.69, 9.17) is 10.2 Å². The predicted octanol–water partition coefficient (Wildman–Crippen LogP) is 2.11. The topological polar surface area (TPSA) is 68.2 Å². The minimum Gasteiger partial charge on any atom is -0.390 e. The van der Waals surface area contributed by atoms with Crippen molar-refractivity contribution in [2.75, 3.05) is 17.7 Å². The minimum atomic E-state index is 0.0864. The van der Waals surface area contributed by atoms with Gasteiger partial charge in [-0.2, -0.15) is 0 Å². The molecule has 7 heteroatoms. The minimum absolute atomic E-state index is 0.0864. The molecule has 15 heavy (non-hydrogen) atoms. The van der Waals surface area contributed by atoms with Gasteiger partial charge in [-0.1, -0.05) is 10.2 Å². The molecule has 0 aromatic carbocycles. The summed E-state index contributed by atoms with van der Waals surface area (Å²) in [5.74, 6) is 0. The molecule has 2 aromatic rings. The first-order valence-electron chi connectivity index (χ1n) is 4.18. The Kier molecular flexibility index (Phi) is 2.92. The van der Waals surface area contributed by atoms with Crippen molar-refractivity contribution in [3.05, 3.63) is 20.8 Å². The zero-order valence-corrected chi connectivity index (χ0v) is 10.4. The first kappa shape index (κ1) is 10.4. The summed E-state index contributed by atoms with van der Waals surface area (Å²) in [6.45, 7) is 0.712. The van der Waals surface area contributed by atoms with Crippen LogP contribution in [0.15, 0.2) is 19.6 Å². The van der Waals surface area contributed by atoms with Crippen LogP contribution in [0, 0.1) is 0 Å². The molecule has 5 nitrogen and oxygen atoms in total. The van der Waals surface area contributed by atoms with E-state index in [1.807, 2.05) is 11.9 Å². The van der Waals surface area contributed by atoms with Crippen molar-refractivity contribution in [2.24, 2.45) is 0 Å². The highest BCUT2D eigenvalue weighted by molar-refractivity contribution is 9.11. The van der Waals surface area contributed by atoms with E-state index in [2.05, 4.69) is 37.6 Å². The number of nitrogen functional groups attached to an aromatic ring is 1. The average Bonchev–Trinajstić information content (AvgIpc) is 2.75. The molecule has 2 rings (SSSR count). The van der Waals surface area contributed by atoms with Gasteiger partial charge in [-0.05, 0) is 32.9 Å². The summed E-state index contributed by atoms with van der Waals surface area (Å²) in [5.41, 5.74) is 6.53. The summed E-state index contributed by atoms with van der Waals surface area (Å²) < 4.78 is 6.20. The van der Waals surface area contributed by atoms with E-state index in [0.717, 1.165) is 3.79 Å². The predicted molar refractivity (Wildman–Crippen MR) is 62.8 cm³/mol. The third-order valence-electron chi connectivity index (χ3n) is 1.80. The lowest BCUT2D eigenvalue weighted by Crippen LogP contribution is -2.16. The quantitative estimate of drug-likeness (QED) is 0.937. The zero-order valence-electron chi connectivity index (χ0n) is 7.98. The van der Waals surface area contributed by atoms with E-state index in [1.54, 1.807) is 11.3 Å². The standard InChI is InChI=1S/C8H9BrN4OS/c1-13(8-12-11-7(10)14-8)3-5-2-6(9)15-4-5/h2,4H,3H2,1H3,(H2,10,11). The van der Waals surface area contributed by atoms with E-state index in [1.165, 1.54) is 5.56 Å². The third kappa shape index (κ3) is 2.48. The number of thiophene rings is 1.